The molecule has 0 fully saturated rings. The van der Waals surface area contributed by atoms with Crippen LogP contribution in [0.2, 0.25) is 0 Å². The van der Waals surface area contributed by atoms with E-state index in [4.69, 9.17) is 19.1 Å². The predicted octanol–water partition coefficient (Wildman–Crippen LogP) is 2.35. The SMILES string of the molecule is O=[P+](O)O.OC1Cc2ccccc2OC1c1ccccc1. The lowest BCUT2D eigenvalue weighted by atomic mass is 9.95. The maximum atomic E-state index is 10.1. The molecule has 0 bridgehead atoms. The highest BCUT2D eigenvalue weighted by atomic mass is 31.1. The highest BCUT2D eigenvalue weighted by Crippen LogP contribution is 2.34. The minimum atomic E-state index is -2.87. The van der Waals surface area contributed by atoms with E-state index in [9.17, 15) is 5.11 Å². The Hall–Kier alpha value is -1.78. The van der Waals surface area contributed by atoms with E-state index >= 15 is 0 Å². The molecular formula is C15H16O5P+. The molecule has 21 heavy (non-hydrogen) atoms. The third-order valence-corrected chi connectivity index (χ3v) is 3.13. The van der Waals surface area contributed by atoms with Gasteiger partial charge in [-0.25, -0.2) is 0 Å². The summed E-state index contributed by atoms with van der Waals surface area (Å²) < 4.78 is 14.6. The van der Waals surface area contributed by atoms with Gasteiger partial charge < -0.3 is 9.84 Å². The summed E-state index contributed by atoms with van der Waals surface area (Å²) in [6.45, 7) is 0. The summed E-state index contributed by atoms with van der Waals surface area (Å²) in [4.78, 5) is 14.2. The molecule has 2 unspecified atom stereocenters. The van der Waals surface area contributed by atoms with Crippen LogP contribution in [0.1, 0.15) is 17.2 Å². The first-order valence-corrected chi connectivity index (χ1v) is 7.57. The quantitative estimate of drug-likeness (QED) is 0.704. The van der Waals surface area contributed by atoms with E-state index < -0.39 is 14.4 Å². The molecule has 6 heteroatoms. The van der Waals surface area contributed by atoms with Crippen LogP contribution in [0.3, 0.4) is 0 Å². The van der Waals surface area contributed by atoms with Crippen LogP contribution in [0.25, 0.3) is 0 Å². The van der Waals surface area contributed by atoms with Gasteiger partial charge in [-0.05, 0) is 17.2 Å². The second kappa shape index (κ2) is 7.29. The van der Waals surface area contributed by atoms with Crippen molar-refractivity contribution in [3.05, 3.63) is 65.7 Å². The summed E-state index contributed by atoms with van der Waals surface area (Å²) in [5, 5.41) is 10.1. The van der Waals surface area contributed by atoms with E-state index in [2.05, 4.69) is 0 Å². The van der Waals surface area contributed by atoms with Gasteiger partial charge >= 0.3 is 8.25 Å². The van der Waals surface area contributed by atoms with Gasteiger partial charge in [-0.2, -0.15) is 0 Å². The molecule has 0 aromatic heterocycles. The van der Waals surface area contributed by atoms with Crippen LogP contribution in [0, 0.1) is 0 Å². The number of ether oxygens (including phenoxy) is 1. The second-order valence-electron chi connectivity index (χ2n) is 4.58. The minimum Gasteiger partial charge on any atom is -0.483 e. The van der Waals surface area contributed by atoms with Gasteiger partial charge in [0, 0.05) is 11.0 Å². The van der Waals surface area contributed by atoms with Crippen molar-refractivity contribution in [1.29, 1.82) is 0 Å². The molecule has 1 aliphatic rings. The summed E-state index contributed by atoms with van der Waals surface area (Å²) in [7, 11) is -2.87. The van der Waals surface area contributed by atoms with E-state index in [-0.39, 0.29) is 6.10 Å². The lowest BCUT2D eigenvalue weighted by Gasteiger charge is -2.30. The van der Waals surface area contributed by atoms with E-state index in [0.29, 0.717) is 6.42 Å². The van der Waals surface area contributed by atoms with Crippen LogP contribution in [0.5, 0.6) is 5.75 Å². The Balaban J connectivity index is 0.000000361. The molecule has 2 aromatic carbocycles. The van der Waals surface area contributed by atoms with Crippen molar-refractivity contribution in [2.24, 2.45) is 0 Å². The molecule has 5 nitrogen and oxygen atoms in total. The number of aliphatic hydroxyl groups is 1. The first-order valence-electron chi connectivity index (χ1n) is 6.40. The van der Waals surface area contributed by atoms with Crippen LogP contribution in [0.15, 0.2) is 54.6 Å². The Kier molecular flexibility index (Phi) is 5.42. The van der Waals surface area contributed by atoms with Crippen molar-refractivity contribution in [3.63, 3.8) is 0 Å². The van der Waals surface area contributed by atoms with E-state index in [1.165, 1.54) is 0 Å². The number of hydrogen-bond donors (Lipinski definition) is 3. The average molecular weight is 307 g/mol. The first-order chi connectivity index (χ1) is 10.1. The van der Waals surface area contributed by atoms with Crippen molar-refractivity contribution >= 4 is 8.25 Å². The van der Waals surface area contributed by atoms with Gasteiger partial charge in [-0.1, -0.05) is 48.5 Å². The molecule has 2 aromatic rings. The minimum absolute atomic E-state index is 0.258. The Morgan fingerprint density at radius 3 is 2.24 bits per heavy atom. The number of para-hydroxylation sites is 1. The molecule has 3 rings (SSSR count). The van der Waals surface area contributed by atoms with Crippen molar-refractivity contribution in [1.82, 2.24) is 0 Å². The lowest BCUT2D eigenvalue weighted by Crippen LogP contribution is -2.30. The molecule has 0 saturated heterocycles. The third kappa shape index (κ3) is 4.34. The van der Waals surface area contributed by atoms with Crippen molar-refractivity contribution < 1.29 is 24.2 Å². The monoisotopic (exact) mass is 307 g/mol. The van der Waals surface area contributed by atoms with E-state index in [1.54, 1.807) is 0 Å². The van der Waals surface area contributed by atoms with Gasteiger partial charge in [-0.15, -0.1) is 9.79 Å². The Labute approximate surface area is 123 Å². The smallest absolute Gasteiger partial charge is 0.483 e. The molecule has 1 heterocycles. The van der Waals surface area contributed by atoms with Gasteiger partial charge in [0.05, 0.1) is 6.10 Å². The molecule has 2 atom stereocenters. The molecule has 0 amide bonds. The van der Waals surface area contributed by atoms with Crippen LogP contribution >= 0.6 is 8.25 Å². The summed E-state index contributed by atoms with van der Waals surface area (Å²) >= 11 is 0. The summed E-state index contributed by atoms with van der Waals surface area (Å²) in [5.74, 6) is 0.881. The predicted molar refractivity (Wildman–Crippen MR) is 78.0 cm³/mol. The number of rotatable bonds is 1. The third-order valence-electron chi connectivity index (χ3n) is 3.13. The topological polar surface area (TPSA) is 87.0 Å². The zero-order valence-electron chi connectivity index (χ0n) is 11.2. The number of fused-ring (bicyclic) bond motifs is 1. The fraction of sp³-hybridized carbons (Fsp3) is 0.200. The van der Waals surface area contributed by atoms with Crippen molar-refractivity contribution in [3.8, 4) is 5.75 Å². The normalized spacial score (nSPS) is 19.6. The van der Waals surface area contributed by atoms with Gasteiger partial charge in [0.1, 0.15) is 11.9 Å². The van der Waals surface area contributed by atoms with Crippen LogP contribution < -0.4 is 4.74 Å². The maximum absolute atomic E-state index is 10.1. The molecule has 0 aliphatic carbocycles. The van der Waals surface area contributed by atoms with Crippen LogP contribution in [0.4, 0.5) is 0 Å². The van der Waals surface area contributed by atoms with Gasteiger partial charge in [0.25, 0.3) is 0 Å². The molecule has 110 valence electrons. The van der Waals surface area contributed by atoms with Gasteiger partial charge in [-0.3, -0.25) is 0 Å². The molecule has 3 N–H and O–H groups in total. The van der Waals surface area contributed by atoms with Crippen molar-refractivity contribution in [2.45, 2.75) is 18.6 Å². The van der Waals surface area contributed by atoms with Gasteiger partial charge in [0.15, 0.2) is 0 Å². The number of benzene rings is 2. The zero-order valence-corrected chi connectivity index (χ0v) is 12.1. The lowest BCUT2D eigenvalue weighted by molar-refractivity contribution is 0.0208. The van der Waals surface area contributed by atoms with E-state index in [0.717, 1.165) is 16.9 Å². The number of hydrogen-bond acceptors (Lipinski definition) is 3. The van der Waals surface area contributed by atoms with E-state index in [1.807, 2.05) is 54.6 Å². The maximum Gasteiger partial charge on any atom is 0.692 e. The zero-order chi connectivity index (χ0) is 15.2. The Morgan fingerprint density at radius 2 is 1.57 bits per heavy atom. The largest absolute Gasteiger partial charge is 0.692 e. The molecule has 0 spiro atoms. The summed E-state index contributed by atoms with van der Waals surface area (Å²) in [5.41, 5.74) is 2.10. The van der Waals surface area contributed by atoms with Crippen LogP contribution in [-0.2, 0) is 11.0 Å². The van der Waals surface area contributed by atoms with Crippen LogP contribution in [-0.4, -0.2) is 21.0 Å². The average Bonchev–Trinajstić information content (AvgIpc) is 2.47. The molecular weight excluding hydrogens is 291 g/mol. The second-order valence-corrected chi connectivity index (χ2v) is 5.09. The summed E-state index contributed by atoms with van der Waals surface area (Å²) in [6, 6.07) is 17.8. The standard InChI is InChI=1S/C15H14O2.HO3P/c16-13-10-12-8-4-5-9-14(12)17-15(13)11-6-2-1-3-7-11;1-4(2)3/h1-9,13,15-16H,10H2;(H-,1,2,3)/p+1. The van der Waals surface area contributed by atoms with Crippen molar-refractivity contribution in [2.75, 3.05) is 0 Å². The molecule has 0 saturated carbocycles. The fourth-order valence-electron chi connectivity index (χ4n) is 2.27. The Morgan fingerprint density at radius 1 is 1.00 bits per heavy atom. The summed E-state index contributed by atoms with van der Waals surface area (Å²) in [6.07, 6.45) is -0.0890. The van der Waals surface area contributed by atoms with Gasteiger partial charge in [0.2, 0.25) is 0 Å². The first kappa shape index (κ1) is 15.6. The molecule has 1 aliphatic heterocycles. The molecule has 0 radical (unpaired) electrons. The Bertz CT molecular complexity index is 598. The number of aliphatic hydroxyl groups excluding tert-OH is 1. The highest BCUT2D eigenvalue weighted by Gasteiger charge is 2.29. The highest BCUT2D eigenvalue weighted by molar-refractivity contribution is 7.30. The fourth-order valence-corrected chi connectivity index (χ4v) is 2.27.